The van der Waals surface area contributed by atoms with Gasteiger partial charge in [-0.3, -0.25) is 4.79 Å². The second-order valence-electron chi connectivity index (χ2n) is 8.53. The van der Waals surface area contributed by atoms with Gasteiger partial charge in [-0.2, -0.15) is 0 Å². The summed E-state index contributed by atoms with van der Waals surface area (Å²) in [5, 5.41) is 3.13. The Labute approximate surface area is 173 Å². The van der Waals surface area contributed by atoms with Crippen LogP contribution >= 0.6 is 0 Å². The third-order valence-corrected chi connectivity index (χ3v) is 6.24. The molecule has 1 saturated carbocycles. The fourth-order valence-electron chi connectivity index (χ4n) is 4.70. The molecule has 0 radical (unpaired) electrons. The number of methoxy groups -OCH3 is 1. The molecule has 2 aromatic rings. The lowest BCUT2D eigenvalue weighted by Gasteiger charge is -2.30. The summed E-state index contributed by atoms with van der Waals surface area (Å²) >= 11 is 0. The van der Waals surface area contributed by atoms with E-state index in [-0.39, 0.29) is 17.9 Å². The summed E-state index contributed by atoms with van der Waals surface area (Å²) in [6.07, 6.45) is 6.73. The Kier molecular flexibility index (Phi) is 6.08. The van der Waals surface area contributed by atoms with Crippen molar-refractivity contribution in [2.45, 2.75) is 57.5 Å². The third kappa shape index (κ3) is 4.75. The maximum Gasteiger partial charge on any atom is 0.227 e. The molecule has 0 aromatic heterocycles. The number of hydrogen-bond acceptors (Lipinski definition) is 3. The van der Waals surface area contributed by atoms with Crippen LogP contribution in [0.15, 0.2) is 42.5 Å². The van der Waals surface area contributed by atoms with E-state index in [0.29, 0.717) is 5.92 Å². The maximum absolute atomic E-state index is 12.7. The van der Waals surface area contributed by atoms with Crippen molar-refractivity contribution in [2.75, 3.05) is 13.7 Å². The van der Waals surface area contributed by atoms with E-state index in [1.165, 1.54) is 24.0 Å². The minimum Gasteiger partial charge on any atom is -0.493 e. The molecule has 4 rings (SSSR count). The van der Waals surface area contributed by atoms with Crippen molar-refractivity contribution in [3.63, 3.8) is 0 Å². The Bertz CT molecular complexity index is 857. The molecule has 1 heterocycles. The maximum atomic E-state index is 12.7. The summed E-state index contributed by atoms with van der Waals surface area (Å²) in [4.78, 5) is 12.7. The Morgan fingerprint density at radius 2 is 1.90 bits per heavy atom. The molecule has 1 amide bonds. The molecule has 4 heteroatoms. The van der Waals surface area contributed by atoms with Crippen LogP contribution in [-0.4, -0.2) is 25.7 Å². The average Bonchev–Trinajstić information content (AvgIpc) is 3.22. The van der Waals surface area contributed by atoms with Gasteiger partial charge in [0.15, 0.2) is 11.5 Å². The van der Waals surface area contributed by atoms with Crippen LogP contribution < -0.4 is 14.8 Å². The van der Waals surface area contributed by atoms with E-state index in [1.807, 2.05) is 18.2 Å². The van der Waals surface area contributed by atoms with Crippen molar-refractivity contribution in [3.05, 3.63) is 59.2 Å². The summed E-state index contributed by atoms with van der Waals surface area (Å²) in [7, 11) is 1.67. The molecule has 29 heavy (non-hydrogen) atoms. The fourth-order valence-corrected chi connectivity index (χ4v) is 4.70. The highest BCUT2D eigenvalue weighted by molar-refractivity contribution is 5.84. The van der Waals surface area contributed by atoms with Crippen LogP contribution in [0.25, 0.3) is 0 Å². The van der Waals surface area contributed by atoms with Gasteiger partial charge in [0, 0.05) is 6.54 Å². The van der Waals surface area contributed by atoms with E-state index < -0.39 is 0 Å². The number of carbonyl (C=O) groups excluding carboxylic acids is 1. The topological polar surface area (TPSA) is 47.6 Å². The number of aryl methyl sites for hydroxylation is 1. The van der Waals surface area contributed by atoms with Gasteiger partial charge in [-0.25, -0.2) is 0 Å². The van der Waals surface area contributed by atoms with E-state index in [2.05, 4.69) is 36.5 Å². The number of benzene rings is 2. The molecule has 154 valence electrons. The third-order valence-electron chi connectivity index (χ3n) is 6.24. The first-order valence-electron chi connectivity index (χ1n) is 10.8. The molecule has 2 aliphatic rings. The predicted octanol–water partition coefficient (Wildman–Crippen LogP) is 4.79. The first-order chi connectivity index (χ1) is 14.1. The number of carbonyl (C=O) groups is 1. The number of piperidine rings is 1. The smallest absolute Gasteiger partial charge is 0.227 e. The molecule has 2 atom stereocenters. The summed E-state index contributed by atoms with van der Waals surface area (Å²) in [5.41, 5.74) is 3.64. The van der Waals surface area contributed by atoms with Crippen molar-refractivity contribution in [1.29, 1.82) is 0 Å². The Morgan fingerprint density at radius 3 is 2.66 bits per heavy atom. The summed E-state index contributed by atoms with van der Waals surface area (Å²) < 4.78 is 11.8. The van der Waals surface area contributed by atoms with E-state index in [9.17, 15) is 4.79 Å². The lowest BCUT2D eigenvalue weighted by Crippen LogP contribution is -2.41. The van der Waals surface area contributed by atoms with Gasteiger partial charge in [0.25, 0.3) is 0 Å². The molecule has 1 aliphatic carbocycles. The summed E-state index contributed by atoms with van der Waals surface area (Å²) in [6.45, 7) is 2.86. The predicted molar refractivity (Wildman–Crippen MR) is 115 cm³/mol. The van der Waals surface area contributed by atoms with Gasteiger partial charge >= 0.3 is 0 Å². The van der Waals surface area contributed by atoms with Gasteiger partial charge in [-0.05, 0) is 74.6 Å². The molecule has 1 N–H and O–H groups in total. The van der Waals surface area contributed by atoms with Crippen molar-refractivity contribution in [1.82, 2.24) is 5.32 Å². The molecule has 2 aromatic carbocycles. The SMILES string of the molecule is COc1ccc([C@@H]2C[C@@H](Cc3cccc(C)c3)CNC2=O)cc1OC1CCCC1. The highest BCUT2D eigenvalue weighted by Gasteiger charge is 2.31. The van der Waals surface area contributed by atoms with Gasteiger partial charge in [-0.1, -0.05) is 35.9 Å². The monoisotopic (exact) mass is 393 g/mol. The lowest BCUT2D eigenvalue weighted by atomic mass is 9.82. The first kappa shape index (κ1) is 19.8. The van der Waals surface area contributed by atoms with Crippen LogP contribution in [0.2, 0.25) is 0 Å². The van der Waals surface area contributed by atoms with E-state index >= 15 is 0 Å². The molecule has 0 spiro atoms. The molecule has 4 nitrogen and oxygen atoms in total. The van der Waals surface area contributed by atoms with Gasteiger partial charge in [0.05, 0.1) is 19.1 Å². The normalized spacial score (nSPS) is 22.3. The molecule has 0 unspecified atom stereocenters. The van der Waals surface area contributed by atoms with Crippen molar-refractivity contribution in [2.24, 2.45) is 5.92 Å². The second-order valence-corrected chi connectivity index (χ2v) is 8.53. The second kappa shape index (κ2) is 8.89. The Balaban J connectivity index is 1.51. The summed E-state index contributed by atoms with van der Waals surface area (Å²) in [5.74, 6) is 1.91. The number of hydrogen-bond donors (Lipinski definition) is 1. The van der Waals surface area contributed by atoms with E-state index in [0.717, 1.165) is 49.3 Å². The van der Waals surface area contributed by atoms with Crippen molar-refractivity contribution in [3.8, 4) is 11.5 Å². The number of rotatable bonds is 6. The largest absolute Gasteiger partial charge is 0.493 e. The highest BCUT2D eigenvalue weighted by Crippen LogP contribution is 2.37. The Hall–Kier alpha value is -2.49. The zero-order valence-corrected chi connectivity index (χ0v) is 17.4. The van der Waals surface area contributed by atoms with Crippen LogP contribution in [0.1, 0.15) is 54.7 Å². The molecular formula is C25H31NO3. The number of nitrogens with one attached hydrogen (secondary N) is 1. The first-order valence-corrected chi connectivity index (χ1v) is 10.8. The van der Waals surface area contributed by atoms with Crippen LogP contribution in [-0.2, 0) is 11.2 Å². The standard InChI is InChI=1S/C25H31NO3/c1-17-6-5-7-18(12-17)13-19-14-22(25(27)26-16-19)20-10-11-23(28-2)24(15-20)29-21-8-3-4-9-21/h5-7,10-12,15,19,21-22H,3-4,8-9,13-14,16H2,1-2H3,(H,26,27)/t19-,22+/m1/s1. The Morgan fingerprint density at radius 1 is 1.07 bits per heavy atom. The van der Waals surface area contributed by atoms with Gasteiger partial charge < -0.3 is 14.8 Å². The molecule has 0 bridgehead atoms. The van der Waals surface area contributed by atoms with Crippen LogP contribution in [0.4, 0.5) is 0 Å². The van der Waals surface area contributed by atoms with Crippen LogP contribution in [0.5, 0.6) is 11.5 Å². The summed E-state index contributed by atoms with van der Waals surface area (Å²) in [6, 6.07) is 14.6. The van der Waals surface area contributed by atoms with E-state index in [4.69, 9.17) is 9.47 Å². The fraction of sp³-hybridized carbons (Fsp3) is 0.480. The van der Waals surface area contributed by atoms with Crippen molar-refractivity contribution >= 4 is 5.91 Å². The van der Waals surface area contributed by atoms with Gasteiger partial charge in [-0.15, -0.1) is 0 Å². The minimum atomic E-state index is -0.143. The molecule has 2 fully saturated rings. The zero-order chi connectivity index (χ0) is 20.2. The lowest BCUT2D eigenvalue weighted by molar-refractivity contribution is -0.124. The van der Waals surface area contributed by atoms with E-state index in [1.54, 1.807) is 7.11 Å². The number of amides is 1. The van der Waals surface area contributed by atoms with Crippen molar-refractivity contribution < 1.29 is 14.3 Å². The zero-order valence-electron chi connectivity index (χ0n) is 17.4. The van der Waals surface area contributed by atoms with Crippen LogP contribution in [0, 0.1) is 12.8 Å². The molecule has 1 saturated heterocycles. The molecule has 1 aliphatic heterocycles. The average molecular weight is 394 g/mol. The highest BCUT2D eigenvalue weighted by atomic mass is 16.5. The van der Waals surface area contributed by atoms with Gasteiger partial charge in [0.1, 0.15) is 0 Å². The quantitative estimate of drug-likeness (QED) is 0.768. The number of ether oxygens (including phenoxy) is 2. The minimum absolute atomic E-state index is 0.113. The van der Waals surface area contributed by atoms with Gasteiger partial charge in [0.2, 0.25) is 5.91 Å². The molecular weight excluding hydrogens is 362 g/mol. The van der Waals surface area contributed by atoms with Crippen LogP contribution in [0.3, 0.4) is 0 Å².